The van der Waals surface area contributed by atoms with Crippen LogP contribution in [0.25, 0.3) is 0 Å². The van der Waals surface area contributed by atoms with Crippen LogP contribution in [0.5, 0.6) is 0 Å². The lowest BCUT2D eigenvalue weighted by Crippen LogP contribution is -2.24. The summed E-state index contributed by atoms with van der Waals surface area (Å²) >= 11 is 1.40. The van der Waals surface area contributed by atoms with E-state index in [9.17, 15) is 4.79 Å². The Morgan fingerprint density at radius 2 is 2.58 bits per heavy atom. The second kappa shape index (κ2) is 3.33. The Labute approximate surface area is 74.8 Å². The Kier molecular flexibility index (Phi) is 2.19. The van der Waals surface area contributed by atoms with E-state index >= 15 is 0 Å². The average Bonchev–Trinajstić information content (AvgIpc) is 2.74. The van der Waals surface area contributed by atoms with Gasteiger partial charge in [0.15, 0.2) is 5.01 Å². The molecular formula is C8H10N2OS. The van der Waals surface area contributed by atoms with E-state index in [-0.39, 0.29) is 5.78 Å². The molecule has 1 aromatic rings. The lowest BCUT2D eigenvalue weighted by molar-refractivity contribution is 0.0990. The van der Waals surface area contributed by atoms with Gasteiger partial charge in [0, 0.05) is 17.6 Å². The van der Waals surface area contributed by atoms with E-state index < -0.39 is 0 Å². The maximum atomic E-state index is 11.3. The molecule has 1 fully saturated rings. The van der Waals surface area contributed by atoms with Crippen LogP contribution < -0.4 is 5.32 Å². The number of ketones is 1. The number of carbonyl (C=O) groups excluding carboxylic acids is 1. The molecule has 1 aliphatic carbocycles. The number of nitrogens with one attached hydrogen (secondary N) is 1. The number of hydrogen-bond acceptors (Lipinski definition) is 4. The maximum Gasteiger partial charge on any atom is 0.205 e. The highest BCUT2D eigenvalue weighted by Crippen LogP contribution is 2.18. The summed E-state index contributed by atoms with van der Waals surface area (Å²) in [6.45, 7) is 0.443. The third-order valence-corrected chi connectivity index (χ3v) is 2.61. The summed E-state index contributed by atoms with van der Waals surface area (Å²) in [5.74, 6) is 0.108. The summed E-state index contributed by atoms with van der Waals surface area (Å²) in [6, 6.07) is 0.592. The molecule has 0 atom stereocenters. The van der Waals surface area contributed by atoms with Gasteiger partial charge in [-0.15, -0.1) is 11.3 Å². The quantitative estimate of drug-likeness (QED) is 0.708. The molecule has 0 amide bonds. The number of nitrogens with zero attached hydrogens (tertiary/aromatic N) is 1. The molecule has 1 heterocycles. The minimum atomic E-state index is 0.108. The number of aromatic nitrogens is 1. The van der Waals surface area contributed by atoms with Crippen molar-refractivity contribution < 1.29 is 4.79 Å². The number of Topliss-reactive ketones (excluding diaryl/α,β-unsaturated/α-hetero) is 1. The monoisotopic (exact) mass is 182 g/mol. The van der Waals surface area contributed by atoms with Crippen molar-refractivity contribution in [1.29, 1.82) is 0 Å². The van der Waals surface area contributed by atoms with Gasteiger partial charge in [0.1, 0.15) is 0 Å². The van der Waals surface area contributed by atoms with E-state index in [0.717, 1.165) is 0 Å². The summed E-state index contributed by atoms with van der Waals surface area (Å²) < 4.78 is 0. The lowest BCUT2D eigenvalue weighted by Gasteiger charge is -1.97. The fraction of sp³-hybridized carbons (Fsp3) is 0.500. The molecule has 3 nitrogen and oxygen atoms in total. The number of thiazole rings is 1. The molecule has 12 heavy (non-hydrogen) atoms. The van der Waals surface area contributed by atoms with E-state index in [2.05, 4.69) is 10.3 Å². The zero-order chi connectivity index (χ0) is 8.39. The molecular weight excluding hydrogens is 172 g/mol. The fourth-order valence-electron chi connectivity index (χ4n) is 0.961. The van der Waals surface area contributed by atoms with Crippen LogP contribution in [0.15, 0.2) is 11.6 Å². The normalized spacial score (nSPS) is 16.3. The Hall–Kier alpha value is -0.740. The molecule has 1 aromatic heterocycles. The first-order valence-corrected chi connectivity index (χ1v) is 4.90. The van der Waals surface area contributed by atoms with Gasteiger partial charge in [-0.1, -0.05) is 0 Å². The SMILES string of the molecule is O=C(CNC1CC1)c1nccs1. The van der Waals surface area contributed by atoms with Crippen LogP contribution in [0.1, 0.15) is 22.6 Å². The van der Waals surface area contributed by atoms with Crippen molar-refractivity contribution in [2.24, 2.45) is 0 Å². The van der Waals surface area contributed by atoms with Crippen molar-refractivity contribution in [2.45, 2.75) is 18.9 Å². The number of carbonyl (C=O) groups is 1. The smallest absolute Gasteiger partial charge is 0.205 e. The van der Waals surface area contributed by atoms with E-state index in [1.165, 1.54) is 24.2 Å². The molecule has 4 heteroatoms. The highest BCUT2D eigenvalue weighted by molar-refractivity contribution is 7.11. The van der Waals surface area contributed by atoms with Gasteiger partial charge < -0.3 is 5.32 Å². The van der Waals surface area contributed by atoms with Crippen LogP contribution >= 0.6 is 11.3 Å². The van der Waals surface area contributed by atoms with Crippen LogP contribution in [-0.4, -0.2) is 23.4 Å². The minimum Gasteiger partial charge on any atom is -0.307 e. The molecule has 0 radical (unpaired) electrons. The van der Waals surface area contributed by atoms with Crippen LogP contribution in [0, 0.1) is 0 Å². The lowest BCUT2D eigenvalue weighted by atomic mass is 10.4. The van der Waals surface area contributed by atoms with Gasteiger partial charge in [0.25, 0.3) is 0 Å². The fourth-order valence-corrected chi connectivity index (χ4v) is 1.54. The van der Waals surface area contributed by atoms with Crippen molar-refractivity contribution in [3.8, 4) is 0 Å². The van der Waals surface area contributed by atoms with Gasteiger partial charge in [-0.2, -0.15) is 0 Å². The highest BCUT2D eigenvalue weighted by Gasteiger charge is 2.21. The Balaban J connectivity index is 1.83. The van der Waals surface area contributed by atoms with Gasteiger partial charge in [0.2, 0.25) is 5.78 Å². The molecule has 0 aromatic carbocycles. The molecule has 1 aliphatic rings. The topological polar surface area (TPSA) is 42.0 Å². The molecule has 64 valence electrons. The first-order chi connectivity index (χ1) is 5.86. The van der Waals surface area contributed by atoms with Gasteiger partial charge in [-0.05, 0) is 12.8 Å². The van der Waals surface area contributed by atoms with Gasteiger partial charge in [-0.25, -0.2) is 4.98 Å². The molecule has 0 bridgehead atoms. The molecule has 0 unspecified atom stereocenters. The largest absolute Gasteiger partial charge is 0.307 e. The minimum absolute atomic E-state index is 0.108. The Morgan fingerprint density at radius 1 is 1.75 bits per heavy atom. The zero-order valence-corrected chi connectivity index (χ0v) is 7.43. The van der Waals surface area contributed by atoms with Crippen molar-refractivity contribution in [2.75, 3.05) is 6.54 Å². The number of hydrogen-bond donors (Lipinski definition) is 1. The van der Waals surface area contributed by atoms with E-state index in [4.69, 9.17) is 0 Å². The second-order valence-corrected chi connectivity index (χ2v) is 3.81. The van der Waals surface area contributed by atoms with E-state index in [1.54, 1.807) is 6.20 Å². The first kappa shape index (κ1) is 7.89. The van der Waals surface area contributed by atoms with Crippen molar-refractivity contribution >= 4 is 17.1 Å². The Morgan fingerprint density at radius 3 is 3.17 bits per heavy atom. The van der Waals surface area contributed by atoms with E-state index in [0.29, 0.717) is 17.6 Å². The van der Waals surface area contributed by atoms with Crippen LogP contribution in [0.4, 0.5) is 0 Å². The molecule has 1 saturated carbocycles. The van der Waals surface area contributed by atoms with Crippen LogP contribution in [0.3, 0.4) is 0 Å². The molecule has 1 N–H and O–H groups in total. The predicted octanol–water partition coefficient (Wildman–Crippen LogP) is 1.08. The molecule has 2 rings (SSSR count). The maximum absolute atomic E-state index is 11.3. The third-order valence-electron chi connectivity index (χ3n) is 1.80. The van der Waals surface area contributed by atoms with Gasteiger partial charge in [0.05, 0.1) is 6.54 Å². The van der Waals surface area contributed by atoms with Crippen molar-refractivity contribution in [3.05, 3.63) is 16.6 Å². The summed E-state index contributed by atoms with van der Waals surface area (Å²) in [4.78, 5) is 15.3. The van der Waals surface area contributed by atoms with Gasteiger partial charge in [-0.3, -0.25) is 4.79 Å². The first-order valence-electron chi connectivity index (χ1n) is 4.02. The van der Waals surface area contributed by atoms with E-state index in [1.807, 2.05) is 5.38 Å². The Bertz CT molecular complexity index is 267. The van der Waals surface area contributed by atoms with Crippen molar-refractivity contribution in [1.82, 2.24) is 10.3 Å². The number of rotatable bonds is 4. The molecule has 0 saturated heterocycles. The summed E-state index contributed by atoms with van der Waals surface area (Å²) in [7, 11) is 0. The standard InChI is InChI=1S/C8H10N2OS/c11-7(5-10-6-1-2-6)8-9-3-4-12-8/h3-4,6,10H,1-2,5H2. The van der Waals surface area contributed by atoms with Crippen molar-refractivity contribution in [3.63, 3.8) is 0 Å². The molecule has 0 aliphatic heterocycles. The van der Waals surface area contributed by atoms with Gasteiger partial charge >= 0.3 is 0 Å². The highest BCUT2D eigenvalue weighted by atomic mass is 32.1. The summed E-state index contributed by atoms with van der Waals surface area (Å²) in [5, 5.41) is 5.60. The molecule has 0 spiro atoms. The van der Waals surface area contributed by atoms with Crippen LogP contribution in [-0.2, 0) is 0 Å². The predicted molar refractivity (Wildman–Crippen MR) is 47.5 cm³/mol. The average molecular weight is 182 g/mol. The second-order valence-electron chi connectivity index (χ2n) is 2.92. The third kappa shape index (κ3) is 1.89. The zero-order valence-electron chi connectivity index (χ0n) is 6.62. The summed E-state index contributed by atoms with van der Waals surface area (Å²) in [6.07, 6.45) is 4.09. The van der Waals surface area contributed by atoms with Crippen LogP contribution in [0.2, 0.25) is 0 Å². The summed E-state index contributed by atoms with van der Waals surface area (Å²) in [5.41, 5.74) is 0.